The fourth-order valence-electron chi connectivity index (χ4n) is 1.44. The monoisotopic (exact) mass is 225 g/mol. The van der Waals surface area contributed by atoms with Crippen molar-refractivity contribution in [3.63, 3.8) is 0 Å². The van der Waals surface area contributed by atoms with E-state index < -0.39 is 18.1 Å². The van der Waals surface area contributed by atoms with Crippen molar-refractivity contribution in [2.45, 2.75) is 12.1 Å². The standard InChI is InChI=1S/C10H11NO5/c11-8(10(13)14)9(12)5-1-2-6-7(3-5)16-4-15-6/h1-3,8-9,12H,4,11H2,(H,13,14)/t8-,9+/m1/s1. The number of rotatable bonds is 3. The number of carbonyl (C=O) groups is 1. The van der Waals surface area contributed by atoms with Crippen LogP contribution in [0.5, 0.6) is 11.5 Å². The van der Waals surface area contributed by atoms with Gasteiger partial charge in [0.05, 0.1) is 0 Å². The molecule has 0 amide bonds. The van der Waals surface area contributed by atoms with E-state index in [4.69, 9.17) is 20.3 Å². The Morgan fingerprint density at radius 1 is 1.38 bits per heavy atom. The average Bonchev–Trinajstić information content (AvgIpc) is 2.73. The van der Waals surface area contributed by atoms with E-state index >= 15 is 0 Å². The highest BCUT2D eigenvalue weighted by molar-refractivity contribution is 5.74. The van der Waals surface area contributed by atoms with Crippen LogP contribution in [0.1, 0.15) is 11.7 Å². The highest BCUT2D eigenvalue weighted by Gasteiger charge is 2.25. The van der Waals surface area contributed by atoms with E-state index in [1.807, 2.05) is 0 Å². The predicted molar refractivity (Wildman–Crippen MR) is 53.1 cm³/mol. The molecule has 6 nitrogen and oxygen atoms in total. The molecule has 0 bridgehead atoms. The van der Waals surface area contributed by atoms with E-state index in [2.05, 4.69) is 0 Å². The van der Waals surface area contributed by atoms with E-state index in [0.29, 0.717) is 17.1 Å². The summed E-state index contributed by atoms with van der Waals surface area (Å²) in [5.74, 6) is -0.209. The summed E-state index contributed by atoms with van der Waals surface area (Å²) in [6.07, 6.45) is -1.27. The van der Waals surface area contributed by atoms with Crippen LogP contribution < -0.4 is 15.2 Å². The minimum atomic E-state index is -1.36. The highest BCUT2D eigenvalue weighted by Crippen LogP contribution is 2.34. The number of nitrogens with two attached hydrogens (primary N) is 1. The SMILES string of the molecule is N[C@@H](C(=O)O)[C@@H](O)c1ccc2c(c1)OCO2. The predicted octanol–water partition coefficient (Wildman–Crippen LogP) is -0.139. The molecule has 86 valence electrons. The lowest BCUT2D eigenvalue weighted by Gasteiger charge is -2.15. The summed E-state index contributed by atoms with van der Waals surface area (Å²) in [6, 6.07) is 3.33. The smallest absolute Gasteiger partial charge is 0.323 e. The Labute approximate surface area is 91.2 Å². The van der Waals surface area contributed by atoms with Gasteiger partial charge in [-0.05, 0) is 17.7 Å². The molecule has 0 spiro atoms. The van der Waals surface area contributed by atoms with Crippen LogP contribution in [0.2, 0.25) is 0 Å². The molecule has 4 N–H and O–H groups in total. The van der Waals surface area contributed by atoms with Gasteiger partial charge >= 0.3 is 5.97 Å². The molecule has 0 unspecified atom stereocenters. The first-order valence-corrected chi connectivity index (χ1v) is 4.65. The molecule has 1 aromatic carbocycles. The topological polar surface area (TPSA) is 102 Å². The van der Waals surface area contributed by atoms with Crippen molar-refractivity contribution in [1.29, 1.82) is 0 Å². The summed E-state index contributed by atoms with van der Waals surface area (Å²) < 4.78 is 10.2. The summed E-state index contributed by atoms with van der Waals surface area (Å²) in [5.41, 5.74) is 5.70. The van der Waals surface area contributed by atoms with Crippen molar-refractivity contribution in [2.75, 3.05) is 6.79 Å². The van der Waals surface area contributed by atoms with Gasteiger partial charge in [-0.2, -0.15) is 0 Å². The maximum atomic E-state index is 10.6. The molecule has 0 saturated heterocycles. The van der Waals surface area contributed by atoms with E-state index in [1.165, 1.54) is 6.07 Å². The summed E-state index contributed by atoms with van der Waals surface area (Å²) in [5, 5.41) is 18.4. The van der Waals surface area contributed by atoms with Crippen molar-refractivity contribution >= 4 is 5.97 Å². The second kappa shape index (κ2) is 3.99. The molecule has 16 heavy (non-hydrogen) atoms. The number of carboxylic acids is 1. The van der Waals surface area contributed by atoms with Crippen molar-refractivity contribution in [2.24, 2.45) is 5.73 Å². The average molecular weight is 225 g/mol. The third-order valence-corrected chi connectivity index (χ3v) is 2.36. The molecule has 1 aromatic rings. The Morgan fingerprint density at radius 3 is 2.75 bits per heavy atom. The molecule has 0 radical (unpaired) electrons. The number of aliphatic hydroxyl groups excluding tert-OH is 1. The molecule has 6 heteroatoms. The molecule has 1 aliphatic rings. The van der Waals surface area contributed by atoms with Gasteiger partial charge in [-0.25, -0.2) is 0 Å². The maximum absolute atomic E-state index is 10.6. The van der Waals surface area contributed by atoms with Crippen molar-refractivity contribution < 1.29 is 24.5 Å². The lowest BCUT2D eigenvalue weighted by atomic mass is 10.0. The fraction of sp³-hybridized carbons (Fsp3) is 0.300. The Hall–Kier alpha value is -1.79. The molecule has 0 saturated carbocycles. The number of carboxylic acid groups (broad SMARTS) is 1. The van der Waals surface area contributed by atoms with Gasteiger partial charge in [-0.15, -0.1) is 0 Å². The van der Waals surface area contributed by atoms with Crippen LogP contribution >= 0.6 is 0 Å². The molecule has 1 heterocycles. The second-order valence-electron chi connectivity index (χ2n) is 3.42. The van der Waals surface area contributed by atoms with Crippen LogP contribution in [0.15, 0.2) is 18.2 Å². The van der Waals surface area contributed by atoms with E-state index in [9.17, 15) is 9.90 Å². The van der Waals surface area contributed by atoms with Gasteiger partial charge in [-0.1, -0.05) is 6.07 Å². The Morgan fingerprint density at radius 2 is 2.06 bits per heavy atom. The summed E-state index contributed by atoms with van der Waals surface area (Å²) in [6.45, 7) is 0.125. The molecule has 2 rings (SSSR count). The minimum absolute atomic E-state index is 0.125. The first-order valence-electron chi connectivity index (χ1n) is 4.65. The molecular formula is C10H11NO5. The van der Waals surface area contributed by atoms with Gasteiger partial charge in [-0.3, -0.25) is 4.79 Å². The van der Waals surface area contributed by atoms with Crippen molar-refractivity contribution in [3.8, 4) is 11.5 Å². The maximum Gasteiger partial charge on any atom is 0.323 e. The minimum Gasteiger partial charge on any atom is -0.480 e. The molecular weight excluding hydrogens is 214 g/mol. The molecule has 0 aromatic heterocycles. The zero-order valence-corrected chi connectivity index (χ0v) is 8.29. The largest absolute Gasteiger partial charge is 0.480 e. The lowest BCUT2D eigenvalue weighted by molar-refractivity contribution is -0.141. The zero-order valence-electron chi connectivity index (χ0n) is 8.29. The Kier molecular flexibility index (Phi) is 2.67. The van der Waals surface area contributed by atoms with Gasteiger partial charge in [0.2, 0.25) is 6.79 Å². The number of benzene rings is 1. The Balaban J connectivity index is 2.24. The molecule has 0 aliphatic carbocycles. The normalized spacial score (nSPS) is 16.9. The van der Waals surface area contributed by atoms with Crippen LogP contribution in [-0.4, -0.2) is 29.0 Å². The van der Waals surface area contributed by atoms with Crippen LogP contribution in [0, 0.1) is 0 Å². The number of hydrogen-bond acceptors (Lipinski definition) is 5. The number of aliphatic carboxylic acids is 1. The molecule has 0 fully saturated rings. The van der Waals surface area contributed by atoms with Crippen LogP contribution in [0.4, 0.5) is 0 Å². The van der Waals surface area contributed by atoms with Gasteiger partial charge in [0.1, 0.15) is 12.1 Å². The van der Waals surface area contributed by atoms with Crippen LogP contribution in [0.3, 0.4) is 0 Å². The van der Waals surface area contributed by atoms with Gasteiger partial charge < -0.3 is 25.4 Å². The third-order valence-electron chi connectivity index (χ3n) is 2.36. The van der Waals surface area contributed by atoms with Gasteiger partial charge in [0.25, 0.3) is 0 Å². The van der Waals surface area contributed by atoms with Crippen LogP contribution in [0.25, 0.3) is 0 Å². The van der Waals surface area contributed by atoms with Gasteiger partial charge in [0.15, 0.2) is 11.5 Å². The number of ether oxygens (including phenoxy) is 2. The van der Waals surface area contributed by atoms with Crippen molar-refractivity contribution in [1.82, 2.24) is 0 Å². The highest BCUT2D eigenvalue weighted by atomic mass is 16.7. The first-order chi connectivity index (χ1) is 7.59. The fourth-order valence-corrected chi connectivity index (χ4v) is 1.44. The quantitative estimate of drug-likeness (QED) is 0.661. The van der Waals surface area contributed by atoms with E-state index in [0.717, 1.165) is 0 Å². The second-order valence-corrected chi connectivity index (χ2v) is 3.42. The number of fused-ring (bicyclic) bond motifs is 1. The van der Waals surface area contributed by atoms with Crippen molar-refractivity contribution in [3.05, 3.63) is 23.8 Å². The first kappa shape index (κ1) is 10.7. The summed E-state index contributed by atoms with van der Waals surface area (Å²) >= 11 is 0. The lowest BCUT2D eigenvalue weighted by Crippen LogP contribution is -2.36. The molecule has 2 atom stereocenters. The van der Waals surface area contributed by atoms with E-state index in [1.54, 1.807) is 12.1 Å². The van der Waals surface area contributed by atoms with Crippen LogP contribution in [-0.2, 0) is 4.79 Å². The Bertz CT molecular complexity index is 420. The third kappa shape index (κ3) is 1.80. The summed E-state index contributed by atoms with van der Waals surface area (Å²) in [7, 11) is 0. The number of hydrogen-bond donors (Lipinski definition) is 3. The zero-order chi connectivity index (χ0) is 11.7. The summed E-state index contributed by atoms with van der Waals surface area (Å²) in [4.78, 5) is 10.6. The van der Waals surface area contributed by atoms with Gasteiger partial charge in [0, 0.05) is 0 Å². The number of aliphatic hydroxyl groups is 1. The van der Waals surface area contributed by atoms with E-state index in [-0.39, 0.29) is 6.79 Å². The molecule has 1 aliphatic heterocycles.